The van der Waals surface area contributed by atoms with E-state index in [0.29, 0.717) is 11.6 Å². The van der Waals surface area contributed by atoms with Crippen LogP contribution in [-0.4, -0.2) is 20.4 Å². The zero-order valence-corrected chi connectivity index (χ0v) is 14.7. The SMILES string of the molecule is CC(C)Nc1ncc(-c2cc(-c3ccccc3F)c3nccn3c2)s1. The summed E-state index contributed by atoms with van der Waals surface area (Å²) in [5.74, 6) is -0.254. The molecule has 0 spiro atoms. The van der Waals surface area contributed by atoms with Gasteiger partial charge in [-0.3, -0.25) is 0 Å². The van der Waals surface area contributed by atoms with Crippen LogP contribution in [0.15, 0.2) is 55.1 Å². The lowest BCUT2D eigenvalue weighted by Crippen LogP contribution is -2.08. The quantitative estimate of drug-likeness (QED) is 0.557. The monoisotopic (exact) mass is 352 g/mol. The molecule has 4 nitrogen and oxygen atoms in total. The second kappa shape index (κ2) is 6.29. The second-order valence-corrected chi connectivity index (χ2v) is 7.14. The number of nitrogens with zero attached hydrogens (tertiary/aromatic N) is 3. The molecule has 1 N–H and O–H groups in total. The number of hydrogen-bond donors (Lipinski definition) is 1. The summed E-state index contributed by atoms with van der Waals surface area (Å²) in [6.07, 6.45) is 7.44. The van der Waals surface area contributed by atoms with E-state index in [1.165, 1.54) is 6.07 Å². The molecule has 0 bridgehead atoms. The molecule has 25 heavy (non-hydrogen) atoms. The number of pyridine rings is 1. The van der Waals surface area contributed by atoms with Crippen LogP contribution in [0.2, 0.25) is 0 Å². The fourth-order valence-electron chi connectivity index (χ4n) is 2.77. The van der Waals surface area contributed by atoms with Crippen molar-refractivity contribution in [2.45, 2.75) is 19.9 Å². The van der Waals surface area contributed by atoms with Crippen molar-refractivity contribution in [3.63, 3.8) is 0 Å². The number of anilines is 1. The molecule has 6 heteroatoms. The maximum Gasteiger partial charge on any atom is 0.183 e. The average molecular weight is 352 g/mol. The number of thiazole rings is 1. The first-order valence-corrected chi connectivity index (χ1v) is 8.88. The van der Waals surface area contributed by atoms with Gasteiger partial charge in [0.25, 0.3) is 0 Å². The Labute approximate surface area is 149 Å². The van der Waals surface area contributed by atoms with E-state index < -0.39 is 0 Å². The summed E-state index contributed by atoms with van der Waals surface area (Å²) >= 11 is 1.58. The number of benzene rings is 1. The average Bonchev–Trinajstić information content (AvgIpc) is 3.23. The van der Waals surface area contributed by atoms with E-state index >= 15 is 0 Å². The molecule has 3 aromatic heterocycles. The lowest BCUT2D eigenvalue weighted by atomic mass is 10.0. The van der Waals surface area contributed by atoms with Crippen LogP contribution < -0.4 is 5.32 Å². The van der Waals surface area contributed by atoms with Crippen LogP contribution in [0.5, 0.6) is 0 Å². The van der Waals surface area contributed by atoms with Gasteiger partial charge in [-0.1, -0.05) is 29.5 Å². The molecule has 4 rings (SSSR count). The topological polar surface area (TPSA) is 42.2 Å². The maximum absolute atomic E-state index is 14.3. The number of nitrogens with one attached hydrogen (secondary N) is 1. The van der Waals surface area contributed by atoms with Crippen molar-refractivity contribution in [3.8, 4) is 21.6 Å². The van der Waals surface area contributed by atoms with Crippen LogP contribution in [0.3, 0.4) is 0 Å². The van der Waals surface area contributed by atoms with Crippen LogP contribution in [0.4, 0.5) is 9.52 Å². The molecule has 0 atom stereocenters. The standard InChI is InChI=1S/C19H17FN4S/c1-12(2)23-19-22-10-17(25-19)13-9-15(14-5-3-4-6-16(14)20)18-21-7-8-24(18)11-13/h3-12H,1-2H3,(H,22,23). The van der Waals surface area contributed by atoms with E-state index in [-0.39, 0.29) is 5.82 Å². The molecule has 0 fully saturated rings. The number of hydrogen-bond acceptors (Lipinski definition) is 4. The van der Waals surface area contributed by atoms with Crippen molar-refractivity contribution in [3.05, 3.63) is 60.9 Å². The van der Waals surface area contributed by atoms with Crippen molar-refractivity contribution < 1.29 is 4.39 Å². The molecule has 1 aromatic carbocycles. The van der Waals surface area contributed by atoms with Gasteiger partial charge in [-0.25, -0.2) is 14.4 Å². The summed E-state index contributed by atoms with van der Waals surface area (Å²) in [4.78, 5) is 9.84. The molecule has 0 unspecified atom stereocenters. The van der Waals surface area contributed by atoms with Crippen LogP contribution in [0.1, 0.15) is 13.8 Å². The summed E-state index contributed by atoms with van der Waals surface area (Å²) in [6, 6.07) is 9.08. The molecule has 0 aliphatic heterocycles. The van der Waals surface area contributed by atoms with Crippen molar-refractivity contribution in [1.82, 2.24) is 14.4 Å². The normalized spacial score (nSPS) is 11.4. The Hall–Kier alpha value is -2.73. The maximum atomic E-state index is 14.3. The zero-order chi connectivity index (χ0) is 17.4. The number of fused-ring (bicyclic) bond motifs is 1. The Morgan fingerprint density at radius 2 is 2.00 bits per heavy atom. The first-order valence-electron chi connectivity index (χ1n) is 8.06. The van der Waals surface area contributed by atoms with E-state index in [9.17, 15) is 4.39 Å². The highest BCUT2D eigenvalue weighted by Gasteiger charge is 2.14. The third-order valence-corrected chi connectivity index (χ3v) is 4.83. The van der Waals surface area contributed by atoms with Crippen LogP contribution in [0.25, 0.3) is 27.2 Å². The van der Waals surface area contributed by atoms with Gasteiger partial charge in [0, 0.05) is 47.5 Å². The minimum absolute atomic E-state index is 0.254. The minimum Gasteiger partial charge on any atom is -0.359 e. The first-order chi connectivity index (χ1) is 12.1. The van der Waals surface area contributed by atoms with Crippen LogP contribution >= 0.6 is 11.3 Å². The molecular weight excluding hydrogens is 335 g/mol. The Morgan fingerprint density at radius 1 is 1.16 bits per heavy atom. The molecule has 0 aliphatic carbocycles. The fourth-order valence-corrected chi connectivity index (χ4v) is 3.71. The van der Waals surface area contributed by atoms with Crippen molar-refractivity contribution in [1.29, 1.82) is 0 Å². The molecule has 0 saturated heterocycles. The largest absolute Gasteiger partial charge is 0.359 e. The van der Waals surface area contributed by atoms with Gasteiger partial charge < -0.3 is 9.72 Å². The third kappa shape index (κ3) is 3.00. The van der Waals surface area contributed by atoms with Crippen LogP contribution in [-0.2, 0) is 0 Å². The van der Waals surface area contributed by atoms with Gasteiger partial charge in [0.05, 0.1) is 4.88 Å². The predicted octanol–water partition coefficient (Wildman–Crippen LogP) is 5.08. The summed E-state index contributed by atoms with van der Waals surface area (Å²) in [5, 5.41) is 4.19. The number of rotatable bonds is 4. The zero-order valence-electron chi connectivity index (χ0n) is 13.9. The Kier molecular flexibility index (Phi) is 3.97. The Bertz CT molecular complexity index is 1030. The van der Waals surface area contributed by atoms with Crippen molar-refractivity contribution in [2.75, 3.05) is 5.32 Å². The van der Waals surface area contributed by atoms with E-state index in [1.807, 2.05) is 35.1 Å². The highest BCUT2D eigenvalue weighted by atomic mass is 32.1. The fraction of sp³-hybridized carbons (Fsp3) is 0.158. The van der Waals surface area contributed by atoms with Crippen LogP contribution in [0, 0.1) is 5.82 Å². The van der Waals surface area contributed by atoms with Gasteiger partial charge in [-0.05, 0) is 26.0 Å². The molecular formula is C19H17FN4S. The number of imidazole rings is 1. The highest BCUT2D eigenvalue weighted by Crippen LogP contribution is 2.34. The van der Waals surface area contributed by atoms with E-state index in [2.05, 4.69) is 29.1 Å². The van der Waals surface area contributed by atoms with Gasteiger partial charge in [0.2, 0.25) is 0 Å². The van der Waals surface area contributed by atoms with Gasteiger partial charge >= 0.3 is 0 Å². The Balaban J connectivity index is 1.86. The summed E-state index contributed by atoms with van der Waals surface area (Å²) < 4.78 is 16.3. The molecule has 0 radical (unpaired) electrons. The van der Waals surface area contributed by atoms with E-state index in [0.717, 1.165) is 26.8 Å². The van der Waals surface area contributed by atoms with Gasteiger partial charge in [-0.2, -0.15) is 0 Å². The number of aromatic nitrogens is 3. The van der Waals surface area contributed by atoms with E-state index in [4.69, 9.17) is 0 Å². The highest BCUT2D eigenvalue weighted by molar-refractivity contribution is 7.18. The lowest BCUT2D eigenvalue weighted by Gasteiger charge is -2.08. The van der Waals surface area contributed by atoms with E-state index in [1.54, 1.807) is 29.7 Å². The van der Waals surface area contributed by atoms with Gasteiger partial charge in [-0.15, -0.1) is 0 Å². The molecule has 0 aliphatic rings. The summed E-state index contributed by atoms with van der Waals surface area (Å²) in [5.41, 5.74) is 3.04. The molecule has 0 saturated carbocycles. The Morgan fingerprint density at radius 3 is 2.80 bits per heavy atom. The molecule has 3 heterocycles. The van der Waals surface area contributed by atoms with Crippen molar-refractivity contribution in [2.24, 2.45) is 0 Å². The minimum atomic E-state index is -0.254. The van der Waals surface area contributed by atoms with Crippen molar-refractivity contribution >= 4 is 22.1 Å². The third-order valence-electron chi connectivity index (χ3n) is 3.85. The van der Waals surface area contributed by atoms with Gasteiger partial charge in [0.1, 0.15) is 11.5 Å². The second-order valence-electron chi connectivity index (χ2n) is 6.11. The smallest absolute Gasteiger partial charge is 0.183 e. The molecule has 0 amide bonds. The predicted molar refractivity (Wildman–Crippen MR) is 100 cm³/mol. The first kappa shape index (κ1) is 15.8. The molecule has 4 aromatic rings. The van der Waals surface area contributed by atoms with Gasteiger partial charge in [0.15, 0.2) is 5.13 Å². The summed E-state index contributed by atoms with van der Waals surface area (Å²) in [6.45, 7) is 4.16. The number of halogens is 1. The summed E-state index contributed by atoms with van der Waals surface area (Å²) in [7, 11) is 0. The lowest BCUT2D eigenvalue weighted by molar-refractivity contribution is 0.631. The molecule has 126 valence electrons.